The van der Waals surface area contributed by atoms with Gasteiger partial charge in [-0.1, -0.05) is 303 Å². The Kier molecular flexibility index (Phi) is 58.6. The van der Waals surface area contributed by atoms with E-state index in [4.69, 9.17) is 9.05 Å². The van der Waals surface area contributed by atoms with Gasteiger partial charge in [-0.05, 0) is 83.5 Å². The molecular weight excluding hydrogens is 1010 g/mol. The predicted octanol–water partition coefficient (Wildman–Crippen LogP) is 20.5. The normalized spacial score (nSPS) is 14.4. The van der Waals surface area contributed by atoms with Gasteiger partial charge in [0, 0.05) is 6.42 Å². The quantitative estimate of drug-likeness (QED) is 0.0272. The summed E-state index contributed by atoms with van der Waals surface area (Å²) in [5.74, 6) is -0.172. The molecule has 80 heavy (non-hydrogen) atoms. The third-order valence-corrected chi connectivity index (χ3v) is 15.5. The molecule has 462 valence electrons. The van der Waals surface area contributed by atoms with Crippen LogP contribution in [0, 0.1) is 0 Å². The molecule has 9 heteroatoms. The SMILES string of the molecule is CC/C=C\C/C=C\C/C=C\C/C=C\C/C=C\C/C=C\C/C=C\C/C=C\C/C=C\CCCCCCCCCCCC(=O)NC(COP(=O)([O-])OCC[N+](C)(C)C)C(O)CCCCCCCCCCCCCCCCCCCCCCC. The molecule has 0 heterocycles. The molecule has 0 fully saturated rings. The molecule has 2 N–H and O–H groups in total. The van der Waals surface area contributed by atoms with Crippen molar-refractivity contribution in [3.05, 3.63) is 109 Å². The van der Waals surface area contributed by atoms with Gasteiger partial charge >= 0.3 is 0 Å². The molecule has 8 nitrogen and oxygen atoms in total. The molecule has 0 rings (SSSR count). The van der Waals surface area contributed by atoms with E-state index in [1.54, 1.807) is 0 Å². The lowest BCUT2D eigenvalue weighted by atomic mass is 10.0. The highest BCUT2D eigenvalue weighted by Gasteiger charge is 2.24. The summed E-state index contributed by atoms with van der Waals surface area (Å²) < 4.78 is 23.5. The number of aliphatic hydroxyl groups is 1. The topological polar surface area (TPSA) is 108 Å². The van der Waals surface area contributed by atoms with Crippen molar-refractivity contribution in [2.45, 2.75) is 296 Å². The van der Waals surface area contributed by atoms with E-state index in [1.807, 2.05) is 21.1 Å². The molecular formula is C71H127N2O6P. The summed E-state index contributed by atoms with van der Waals surface area (Å²) >= 11 is 0. The van der Waals surface area contributed by atoms with Crippen LogP contribution in [0.15, 0.2) is 109 Å². The van der Waals surface area contributed by atoms with Crippen LogP contribution in [0.25, 0.3) is 0 Å². The molecule has 0 aromatic heterocycles. The zero-order chi connectivity index (χ0) is 58.4. The molecule has 0 bridgehead atoms. The number of phosphoric acid groups is 1. The molecule has 0 aliphatic carbocycles. The minimum Gasteiger partial charge on any atom is -0.756 e. The lowest BCUT2D eigenvalue weighted by Gasteiger charge is -2.30. The first kappa shape index (κ1) is 77.2. The van der Waals surface area contributed by atoms with Crippen molar-refractivity contribution in [1.29, 1.82) is 0 Å². The third-order valence-electron chi connectivity index (χ3n) is 14.5. The van der Waals surface area contributed by atoms with Crippen LogP contribution in [-0.2, 0) is 18.4 Å². The summed E-state index contributed by atoms with van der Waals surface area (Å²) in [7, 11) is 1.29. The maximum atomic E-state index is 13.0. The molecule has 0 saturated heterocycles. The van der Waals surface area contributed by atoms with E-state index in [1.165, 1.54) is 154 Å². The summed E-state index contributed by atoms with van der Waals surface area (Å²) in [5.41, 5.74) is 0. The van der Waals surface area contributed by atoms with Gasteiger partial charge in [-0.2, -0.15) is 0 Å². The Morgan fingerprint density at radius 1 is 0.450 bits per heavy atom. The Hall–Kier alpha value is -2.84. The maximum Gasteiger partial charge on any atom is 0.268 e. The van der Waals surface area contributed by atoms with Crippen molar-refractivity contribution in [3.8, 4) is 0 Å². The Morgan fingerprint density at radius 3 is 1.11 bits per heavy atom. The first-order valence-corrected chi connectivity index (χ1v) is 34.7. The monoisotopic (exact) mass is 1130 g/mol. The number of carbonyl (C=O) groups is 1. The summed E-state index contributed by atoms with van der Waals surface area (Å²) in [6.45, 7) is 4.62. The Bertz CT molecular complexity index is 1670. The number of nitrogens with zero attached hydrogens (tertiary/aromatic N) is 1. The number of allylic oxidation sites excluding steroid dienone is 18. The van der Waals surface area contributed by atoms with Crippen molar-refractivity contribution < 1.29 is 32.9 Å². The number of quaternary nitrogens is 1. The number of unbranched alkanes of at least 4 members (excludes halogenated alkanes) is 29. The van der Waals surface area contributed by atoms with E-state index < -0.39 is 20.0 Å². The van der Waals surface area contributed by atoms with Gasteiger partial charge in [0.1, 0.15) is 13.2 Å². The van der Waals surface area contributed by atoms with E-state index in [9.17, 15) is 19.4 Å². The van der Waals surface area contributed by atoms with Gasteiger partial charge < -0.3 is 28.8 Å². The van der Waals surface area contributed by atoms with Crippen LogP contribution in [0.4, 0.5) is 0 Å². The number of rotatable bonds is 60. The summed E-state index contributed by atoms with van der Waals surface area (Å²) in [4.78, 5) is 25.6. The average molecular weight is 1140 g/mol. The second-order valence-corrected chi connectivity index (χ2v) is 24.9. The Balaban J connectivity index is 4.12. The van der Waals surface area contributed by atoms with E-state index in [2.05, 4.69) is 129 Å². The number of hydrogen-bond acceptors (Lipinski definition) is 6. The number of aliphatic hydroxyl groups excluding tert-OH is 1. The van der Waals surface area contributed by atoms with Crippen LogP contribution in [-0.4, -0.2) is 68.5 Å². The van der Waals surface area contributed by atoms with Gasteiger partial charge in [-0.15, -0.1) is 0 Å². The summed E-state index contributed by atoms with van der Waals surface area (Å²) in [6, 6.07) is -0.812. The van der Waals surface area contributed by atoms with Crippen molar-refractivity contribution >= 4 is 13.7 Å². The fourth-order valence-corrected chi connectivity index (χ4v) is 10.1. The molecule has 0 spiro atoms. The highest BCUT2D eigenvalue weighted by molar-refractivity contribution is 7.45. The van der Waals surface area contributed by atoms with E-state index in [0.717, 1.165) is 103 Å². The highest BCUT2D eigenvalue weighted by Crippen LogP contribution is 2.38. The molecule has 3 unspecified atom stereocenters. The van der Waals surface area contributed by atoms with Gasteiger partial charge in [0.05, 0.1) is 39.9 Å². The Morgan fingerprint density at radius 2 is 0.762 bits per heavy atom. The van der Waals surface area contributed by atoms with Crippen LogP contribution < -0.4 is 10.2 Å². The van der Waals surface area contributed by atoms with Crippen LogP contribution in [0.5, 0.6) is 0 Å². The fourth-order valence-electron chi connectivity index (χ4n) is 9.39. The molecule has 1 amide bonds. The van der Waals surface area contributed by atoms with Crippen LogP contribution >= 0.6 is 7.82 Å². The zero-order valence-electron chi connectivity index (χ0n) is 52.7. The first-order valence-electron chi connectivity index (χ1n) is 33.2. The second-order valence-electron chi connectivity index (χ2n) is 23.4. The average Bonchev–Trinajstić information content (AvgIpc) is 3.42. The number of likely N-dealkylation sites (N-methyl/N-ethyl adjacent to an activating group) is 1. The van der Waals surface area contributed by atoms with Gasteiger partial charge in [0.25, 0.3) is 7.82 Å². The lowest BCUT2D eigenvalue weighted by Crippen LogP contribution is -2.46. The highest BCUT2D eigenvalue weighted by atomic mass is 31.2. The van der Waals surface area contributed by atoms with Crippen molar-refractivity contribution in [3.63, 3.8) is 0 Å². The predicted molar refractivity (Wildman–Crippen MR) is 348 cm³/mol. The van der Waals surface area contributed by atoms with Crippen LogP contribution in [0.3, 0.4) is 0 Å². The summed E-state index contributed by atoms with van der Waals surface area (Å²) in [5, 5.41) is 14.1. The lowest BCUT2D eigenvalue weighted by molar-refractivity contribution is -0.870. The zero-order valence-corrected chi connectivity index (χ0v) is 53.6. The van der Waals surface area contributed by atoms with Gasteiger partial charge in [-0.3, -0.25) is 9.36 Å². The molecule has 0 aromatic rings. The van der Waals surface area contributed by atoms with Gasteiger partial charge in [-0.25, -0.2) is 0 Å². The molecule has 0 aliphatic heterocycles. The van der Waals surface area contributed by atoms with E-state index in [0.29, 0.717) is 23.9 Å². The van der Waals surface area contributed by atoms with Gasteiger partial charge in [0.15, 0.2) is 0 Å². The molecule has 0 aromatic carbocycles. The molecule has 0 saturated carbocycles. The van der Waals surface area contributed by atoms with Crippen LogP contribution in [0.1, 0.15) is 284 Å². The number of phosphoric ester groups is 1. The number of carbonyl (C=O) groups excluding carboxylic acids is 1. The standard InChI is InChI=1S/C71H127N2O6P/c1-6-8-10-12-14-16-18-20-22-24-26-28-29-30-31-32-33-34-35-36-37-38-39-40-41-42-43-45-47-49-51-53-55-57-59-61-63-65-71(75)72-69(68-79-80(76,77)78-67-66-73(3,4)5)70(74)64-62-60-58-56-54-52-50-48-46-44-27-25-23-21-19-17-15-13-11-9-7-2/h8,10,14,16,20,22,26,28,30-31,33-34,36-37,39-40,42-43,69-70,74H,6-7,9,11-13,15,17-19,21,23-25,27,29,32,35,38,41,44-68H2,1-5H3,(H-,72,75,76,77)/b10-8-,16-14-,22-20-,28-26-,31-30-,34-33-,37-36-,40-39-,43-42-. The number of amides is 1. The van der Waals surface area contributed by atoms with E-state index in [-0.39, 0.29) is 19.1 Å². The number of hydrogen-bond donors (Lipinski definition) is 2. The largest absolute Gasteiger partial charge is 0.756 e. The van der Waals surface area contributed by atoms with Crippen molar-refractivity contribution in [1.82, 2.24) is 5.32 Å². The maximum absolute atomic E-state index is 13.0. The van der Waals surface area contributed by atoms with Crippen molar-refractivity contribution in [2.75, 3.05) is 40.9 Å². The minimum absolute atomic E-state index is 0.00666. The Labute approximate surface area is 495 Å². The third kappa shape index (κ3) is 62.8. The van der Waals surface area contributed by atoms with Crippen molar-refractivity contribution in [2.24, 2.45) is 0 Å². The van der Waals surface area contributed by atoms with Gasteiger partial charge in [0.2, 0.25) is 5.91 Å². The second kappa shape index (κ2) is 60.7. The van der Waals surface area contributed by atoms with Crippen LogP contribution in [0.2, 0.25) is 0 Å². The molecule has 0 radical (unpaired) electrons. The summed E-state index contributed by atoms with van der Waals surface area (Å²) in [6.07, 6.45) is 88.5. The molecule has 3 atom stereocenters. The minimum atomic E-state index is -4.59. The van der Waals surface area contributed by atoms with E-state index >= 15 is 0 Å². The number of nitrogens with one attached hydrogen (secondary N) is 1. The first-order chi connectivity index (χ1) is 39.0. The fraction of sp³-hybridized carbons (Fsp3) is 0.732. The molecule has 0 aliphatic rings. The smallest absolute Gasteiger partial charge is 0.268 e.